The van der Waals surface area contributed by atoms with Crippen molar-refractivity contribution in [2.75, 3.05) is 13.2 Å². The number of aryl methyl sites for hydroxylation is 2. The van der Waals surface area contributed by atoms with E-state index in [1.165, 1.54) is 5.56 Å². The highest BCUT2D eigenvalue weighted by molar-refractivity contribution is 5.84. The molecule has 3 rings (SSSR count). The minimum absolute atomic E-state index is 0.177. The molecule has 1 amide bonds. The van der Waals surface area contributed by atoms with E-state index in [0.29, 0.717) is 18.8 Å². The standard InChI is InChI=1S/C22H25NO4/c1-15-10-16(2)12-20(11-15)26-14-21(24)27-17(3)22(25)23-9-8-18-6-4-5-7-19(18)13-23/h4-7,10-12,17H,8-9,13-14H2,1-3H3/t17-/m0/s1. The zero-order chi connectivity index (χ0) is 19.4. The van der Waals surface area contributed by atoms with Crippen LogP contribution < -0.4 is 4.74 Å². The second-order valence-corrected chi connectivity index (χ2v) is 7.02. The highest BCUT2D eigenvalue weighted by Crippen LogP contribution is 2.20. The van der Waals surface area contributed by atoms with Gasteiger partial charge in [0.1, 0.15) is 5.75 Å². The molecule has 1 atom stereocenters. The molecule has 1 aliphatic heterocycles. The van der Waals surface area contributed by atoms with Crippen LogP contribution in [-0.2, 0) is 27.3 Å². The van der Waals surface area contributed by atoms with Crippen molar-refractivity contribution in [1.29, 1.82) is 0 Å². The molecular formula is C22H25NO4. The van der Waals surface area contributed by atoms with Crippen molar-refractivity contribution in [2.24, 2.45) is 0 Å². The lowest BCUT2D eigenvalue weighted by Crippen LogP contribution is -2.43. The van der Waals surface area contributed by atoms with Gasteiger partial charge in [-0.3, -0.25) is 4.79 Å². The first kappa shape index (κ1) is 19.0. The minimum atomic E-state index is -0.828. The molecule has 5 nitrogen and oxygen atoms in total. The van der Waals surface area contributed by atoms with Crippen LogP contribution in [0.3, 0.4) is 0 Å². The maximum absolute atomic E-state index is 12.6. The predicted octanol–water partition coefficient (Wildman–Crippen LogP) is 3.20. The Labute approximate surface area is 159 Å². The van der Waals surface area contributed by atoms with Gasteiger partial charge >= 0.3 is 5.97 Å². The van der Waals surface area contributed by atoms with Crippen molar-refractivity contribution in [3.05, 3.63) is 64.7 Å². The maximum Gasteiger partial charge on any atom is 0.344 e. The molecule has 0 saturated carbocycles. The first-order valence-electron chi connectivity index (χ1n) is 9.18. The zero-order valence-corrected chi connectivity index (χ0v) is 16.0. The third-order valence-electron chi connectivity index (χ3n) is 4.65. The number of rotatable bonds is 5. The summed E-state index contributed by atoms with van der Waals surface area (Å²) in [5.41, 5.74) is 4.54. The molecule has 0 N–H and O–H groups in total. The molecule has 1 heterocycles. The van der Waals surface area contributed by atoms with Gasteiger partial charge in [-0.2, -0.15) is 0 Å². The Morgan fingerprint density at radius 3 is 2.44 bits per heavy atom. The number of hydrogen-bond donors (Lipinski definition) is 0. The van der Waals surface area contributed by atoms with E-state index in [-0.39, 0.29) is 12.5 Å². The molecule has 0 saturated heterocycles. The predicted molar refractivity (Wildman–Crippen MR) is 103 cm³/mol. The average Bonchev–Trinajstić information content (AvgIpc) is 2.64. The van der Waals surface area contributed by atoms with Gasteiger partial charge in [0.25, 0.3) is 5.91 Å². The quantitative estimate of drug-likeness (QED) is 0.762. The van der Waals surface area contributed by atoms with Crippen molar-refractivity contribution in [3.8, 4) is 5.75 Å². The number of hydrogen-bond acceptors (Lipinski definition) is 4. The fraction of sp³-hybridized carbons (Fsp3) is 0.364. The highest BCUT2D eigenvalue weighted by atomic mass is 16.6. The van der Waals surface area contributed by atoms with Crippen LogP contribution >= 0.6 is 0 Å². The Kier molecular flexibility index (Phi) is 5.79. The molecule has 1 aliphatic rings. The minimum Gasteiger partial charge on any atom is -0.482 e. The van der Waals surface area contributed by atoms with Gasteiger partial charge in [-0.1, -0.05) is 30.3 Å². The molecule has 0 aromatic heterocycles. The molecule has 2 aromatic carbocycles. The molecule has 5 heteroatoms. The molecule has 0 bridgehead atoms. The summed E-state index contributed by atoms with van der Waals surface area (Å²) in [5, 5.41) is 0. The monoisotopic (exact) mass is 367 g/mol. The Morgan fingerprint density at radius 1 is 1.07 bits per heavy atom. The van der Waals surface area contributed by atoms with E-state index in [0.717, 1.165) is 23.1 Å². The van der Waals surface area contributed by atoms with Gasteiger partial charge in [-0.25, -0.2) is 4.79 Å². The first-order valence-corrected chi connectivity index (χ1v) is 9.18. The van der Waals surface area contributed by atoms with Crippen molar-refractivity contribution in [1.82, 2.24) is 4.90 Å². The molecule has 27 heavy (non-hydrogen) atoms. The summed E-state index contributed by atoms with van der Waals surface area (Å²) in [4.78, 5) is 26.4. The molecular weight excluding hydrogens is 342 g/mol. The van der Waals surface area contributed by atoms with E-state index in [1.54, 1.807) is 11.8 Å². The topological polar surface area (TPSA) is 55.8 Å². The first-order chi connectivity index (χ1) is 12.9. The number of ether oxygens (including phenoxy) is 2. The van der Waals surface area contributed by atoms with Crippen LogP contribution in [0.4, 0.5) is 0 Å². The number of nitrogens with zero attached hydrogens (tertiary/aromatic N) is 1. The summed E-state index contributed by atoms with van der Waals surface area (Å²) < 4.78 is 10.8. The molecule has 142 valence electrons. The zero-order valence-electron chi connectivity index (χ0n) is 16.0. The van der Waals surface area contributed by atoms with Crippen LogP contribution in [-0.4, -0.2) is 36.0 Å². The smallest absolute Gasteiger partial charge is 0.344 e. The van der Waals surface area contributed by atoms with Gasteiger partial charge in [0.2, 0.25) is 0 Å². The van der Waals surface area contributed by atoms with E-state index < -0.39 is 12.1 Å². The Balaban J connectivity index is 1.51. The van der Waals surface area contributed by atoms with E-state index in [2.05, 4.69) is 6.07 Å². The summed E-state index contributed by atoms with van der Waals surface area (Å²) in [6.07, 6.45) is -0.0103. The lowest BCUT2D eigenvalue weighted by Gasteiger charge is -2.30. The highest BCUT2D eigenvalue weighted by Gasteiger charge is 2.27. The number of benzene rings is 2. The number of carbonyl (C=O) groups is 2. The van der Waals surface area contributed by atoms with Gasteiger partial charge in [0.05, 0.1) is 0 Å². The van der Waals surface area contributed by atoms with Crippen LogP contribution in [0, 0.1) is 13.8 Å². The second kappa shape index (κ2) is 8.25. The van der Waals surface area contributed by atoms with Gasteiger partial charge < -0.3 is 14.4 Å². The van der Waals surface area contributed by atoms with Crippen molar-refractivity contribution >= 4 is 11.9 Å². The van der Waals surface area contributed by atoms with Crippen LogP contribution in [0.1, 0.15) is 29.2 Å². The number of esters is 1. The van der Waals surface area contributed by atoms with Crippen LogP contribution in [0.15, 0.2) is 42.5 Å². The van der Waals surface area contributed by atoms with Gasteiger partial charge in [-0.05, 0) is 61.6 Å². The fourth-order valence-corrected chi connectivity index (χ4v) is 3.38. The average molecular weight is 367 g/mol. The molecule has 0 fully saturated rings. The molecule has 0 spiro atoms. The Bertz CT molecular complexity index is 826. The number of fused-ring (bicyclic) bond motifs is 1. The summed E-state index contributed by atoms with van der Waals surface area (Å²) in [6, 6.07) is 13.9. The van der Waals surface area contributed by atoms with E-state index in [1.807, 2.05) is 50.2 Å². The maximum atomic E-state index is 12.6. The summed E-state index contributed by atoms with van der Waals surface area (Å²) in [6.45, 7) is 6.51. The van der Waals surface area contributed by atoms with Crippen molar-refractivity contribution in [2.45, 2.75) is 39.8 Å². The lowest BCUT2D eigenvalue weighted by atomic mass is 9.99. The summed E-state index contributed by atoms with van der Waals surface area (Å²) >= 11 is 0. The van der Waals surface area contributed by atoms with Crippen LogP contribution in [0.25, 0.3) is 0 Å². The molecule has 0 unspecified atom stereocenters. The Morgan fingerprint density at radius 2 is 1.74 bits per heavy atom. The van der Waals surface area contributed by atoms with Crippen molar-refractivity contribution < 1.29 is 19.1 Å². The third kappa shape index (κ3) is 4.88. The molecule has 0 aliphatic carbocycles. The van der Waals surface area contributed by atoms with Gasteiger partial charge in [-0.15, -0.1) is 0 Å². The SMILES string of the molecule is Cc1cc(C)cc(OCC(=O)O[C@@H](C)C(=O)N2CCc3ccccc3C2)c1. The lowest BCUT2D eigenvalue weighted by molar-refractivity contribution is -0.161. The van der Waals surface area contributed by atoms with Crippen LogP contribution in [0.5, 0.6) is 5.75 Å². The third-order valence-corrected chi connectivity index (χ3v) is 4.65. The van der Waals surface area contributed by atoms with Crippen molar-refractivity contribution in [3.63, 3.8) is 0 Å². The molecule has 0 radical (unpaired) electrons. The summed E-state index contributed by atoms with van der Waals surface area (Å²) in [7, 11) is 0. The fourth-order valence-electron chi connectivity index (χ4n) is 3.38. The van der Waals surface area contributed by atoms with Gasteiger partial charge in [0, 0.05) is 13.1 Å². The van der Waals surface area contributed by atoms with Crippen LogP contribution in [0.2, 0.25) is 0 Å². The summed E-state index contributed by atoms with van der Waals surface area (Å²) in [5.74, 6) is -0.104. The Hall–Kier alpha value is -2.82. The largest absolute Gasteiger partial charge is 0.482 e. The number of amides is 1. The second-order valence-electron chi connectivity index (χ2n) is 7.02. The van der Waals surface area contributed by atoms with Gasteiger partial charge in [0.15, 0.2) is 12.7 Å². The normalized spacial score (nSPS) is 14.3. The van der Waals surface area contributed by atoms with E-state index >= 15 is 0 Å². The number of carbonyl (C=O) groups excluding carboxylic acids is 2. The van der Waals surface area contributed by atoms with E-state index in [4.69, 9.17) is 9.47 Å². The molecule has 2 aromatic rings. The van der Waals surface area contributed by atoms with E-state index in [9.17, 15) is 9.59 Å².